The average molecular weight is 251 g/mol. The van der Waals surface area contributed by atoms with Crippen LogP contribution in [0.15, 0.2) is 24.4 Å². The quantitative estimate of drug-likeness (QED) is 0.882. The monoisotopic (exact) mass is 251 g/mol. The summed E-state index contributed by atoms with van der Waals surface area (Å²) in [4.78, 5) is 28.6. The van der Waals surface area contributed by atoms with Crippen molar-refractivity contribution in [3.63, 3.8) is 0 Å². The van der Waals surface area contributed by atoms with Gasteiger partial charge in [0.15, 0.2) is 0 Å². The van der Waals surface area contributed by atoms with Crippen LogP contribution in [0.2, 0.25) is 0 Å². The number of pyridine rings is 1. The molecule has 2 rings (SSSR count). The molecule has 0 aliphatic carbocycles. The number of nitrogens with one attached hydrogen (secondary N) is 1. The van der Waals surface area contributed by atoms with Gasteiger partial charge in [-0.2, -0.15) is 0 Å². The molecule has 1 N–H and O–H groups in total. The van der Waals surface area contributed by atoms with Gasteiger partial charge in [0.1, 0.15) is 5.82 Å². The van der Waals surface area contributed by atoms with E-state index in [4.69, 9.17) is 0 Å². The molecule has 1 aromatic heterocycles. The van der Waals surface area contributed by atoms with E-state index in [0.29, 0.717) is 18.8 Å². The van der Waals surface area contributed by atoms with E-state index in [2.05, 4.69) is 10.3 Å². The van der Waals surface area contributed by atoms with Crippen molar-refractivity contribution in [2.75, 3.05) is 24.2 Å². The zero-order chi connectivity index (χ0) is 12.1. The van der Waals surface area contributed by atoms with Gasteiger partial charge in [-0.3, -0.25) is 9.59 Å². The summed E-state index contributed by atoms with van der Waals surface area (Å²) in [6.07, 6.45) is 1.93. The van der Waals surface area contributed by atoms with E-state index < -0.39 is 0 Å². The van der Waals surface area contributed by atoms with Gasteiger partial charge in [0, 0.05) is 31.5 Å². The second kappa shape index (κ2) is 5.67. The Bertz CT molecular complexity index is 410. The van der Waals surface area contributed by atoms with Crippen molar-refractivity contribution >= 4 is 28.7 Å². The lowest BCUT2D eigenvalue weighted by molar-refractivity contribution is -0.116. The molecule has 1 aromatic rings. The minimum atomic E-state index is -0.117. The molecule has 1 aliphatic heterocycles. The molecule has 17 heavy (non-hydrogen) atoms. The van der Waals surface area contributed by atoms with Crippen LogP contribution in [0.1, 0.15) is 6.42 Å². The number of amides is 2. The molecule has 6 heteroatoms. The van der Waals surface area contributed by atoms with E-state index in [1.165, 1.54) is 11.8 Å². The highest BCUT2D eigenvalue weighted by Gasteiger charge is 2.21. The van der Waals surface area contributed by atoms with Gasteiger partial charge in [-0.15, -0.1) is 0 Å². The highest BCUT2D eigenvalue weighted by molar-refractivity contribution is 8.13. The molecular weight excluding hydrogens is 238 g/mol. The summed E-state index contributed by atoms with van der Waals surface area (Å²) in [6.45, 7) is 1.21. The van der Waals surface area contributed by atoms with Crippen LogP contribution in [0.25, 0.3) is 0 Å². The summed E-state index contributed by atoms with van der Waals surface area (Å²) in [5, 5.41) is 2.75. The molecule has 1 saturated heterocycles. The molecule has 0 spiro atoms. The normalized spacial score (nSPS) is 15.1. The van der Waals surface area contributed by atoms with E-state index in [1.54, 1.807) is 23.2 Å². The molecular formula is C11H13N3O2S. The van der Waals surface area contributed by atoms with Crippen LogP contribution in [0.3, 0.4) is 0 Å². The van der Waals surface area contributed by atoms with Gasteiger partial charge in [-0.1, -0.05) is 17.8 Å². The fourth-order valence-electron chi connectivity index (χ4n) is 1.51. The topological polar surface area (TPSA) is 62.3 Å². The Kier molecular flexibility index (Phi) is 3.98. The molecule has 0 aromatic carbocycles. The summed E-state index contributed by atoms with van der Waals surface area (Å²) in [5.41, 5.74) is 0. The maximum Gasteiger partial charge on any atom is 0.281 e. The molecule has 0 bridgehead atoms. The minimum absolute atomic E-state index is 0.0654. The van der Waals surface area contributed by atoms with Crippen LogP contribution in [-0.2, 0) is 4.79 Å². The second-order valence-electron chi connectivity index (χ2n) is 3.61. The number of nitrogens with zero attached hydrogens (tertiary/aromatic N) is 2. The lowest BCUT2D eigenvalue weighted by atomic mass is 10.3. The Hall–Kier alpha value is -1.56. The first-order valence-electron chi connectivity index (χ1n) is 5.38. The molecule has 1 fully saturated rings. The highest BCUT2D eigenvalue weighted by Crippen LogP contribution is 2.17. The van der Waals surface area contributed by atoms with Crippen LogP contribution in [0.5, 0.6) is 0 Å². The van der Waals surface area contributed by atoms with Crippen molar-refractivity contribution < 1.29 is 9.59 Å². The Morgan fingerprint density at radius 2 is 2.41 bits per heavy atom. The number of rotatable bonds is 4. The van der Waals surface area contributed by atoms with Gasteiger partial charge in [0.2, 0.25) is 5.91 Å². The van der Waals surface area contributed by atoms with E-state index in [-0.39, 0.29) is 11.1 Å². The Balaban J connectivity index is 1.76. The fraction of sp³-hybridized carbons (Fsp3) is 0.364. The lowest BCUT2D eigenvalue weighted by Gasteiger charge is -2.13. The van der Waals surface area contributed by atoms with Crippen molar-refractivity contribution in [1.29, 1.82) is 0 Å². The molecule has 90 valence electrons. The largest absolute Gasteiger partial charge is 0.332 e. The van der Waals surface area contributed by atoms with Crippen molar-refractivity contribution in [2.24, 2.45) is 0 Å². The average Bonchev–Trinajstić information content (AvgIpc) is 2.74. The van der Waals surface area contributed by atoms with Crippen LogP contribution in [0, 0.1) is 0 Å². The lowest BCUT2D eigenvalue weighted by Crippen LogP contribution is -2.27. The van der Waals surface area contributed by atoms with Gasteiger partial charge >= 0.3 is 0 Å². The maximum atomic E-state index is 11.6. The molecule has 1 aliphatic rings. The zero-order valence-electron chi connectivity index (χ0n) is 9.26. The molecule has 0 unspecified atom stereocenters. The van der Waals surface area contributed by atoms with Crippen LogP contribution < -0.4 is 5.32 Å². The first-order valence-corrected chi connectivity index (χ1v) is 6.37. The second-order valence-corrected chi connectivity index (χ2v) is 4.66. The summed E-state index contributed by atoms with van der Waals surface area (Å²) < 4.78 is 0. The summed E-state index contributed by atoms with van der Waals surface area (Å²) in [6, 6.07) is 5.33. The molecule has 2 heterocycles. The predicted molar refractivity (Wildman–Crippen MR) is 66.9 cm³/mol. The third-order valence-corrected chi connectivity index (χ3v) is 3.28. The van der Waals surface area contributed by atoms with Gasteiger partial charge in [-0.25, -0.2) is 4.98 Å². The van der Waals surface area contributed by atoms with Crippen molar-refractivity contribution in [2.45, 2.75) is 6.42 Å². The number of hydrogen-bond acceptors (Lipinski definition) is 4. The highest BCUT2D eigenvalue weighted by atomic mass is 32.2. The van der Waals surface area contributed by atoms with Gasteiger partial charge in [-0.05, 0) is 12.1 Å². The summed E-state index contributed by atoms with van der Waals surface area (Å²) >= 11 is 1.30. The first kappa shape index (κ1) is 11.9. The van der Waals surface area contributed by atoms with Crippen LogP contribution >= 0.6 is 11.8 Å². The minimum Gasteiger partial charge on any atom is -0.332 e. The summed E-state index contributed by atoms with van der Waals surface area (Å²) in [7, 11) is 0. The van der Waals surface area contributed by atoms with E-state index in [1.807, 2.05) is 6.07 Å². The smallest absolute Gasteiger partial charge is 0.281 e. The predicted octanol–water partition coefficient (Wildman–Crippen LogP) is 1.58. The number of carbonyl (C=O) groups excluding carboxylic acids is 2. The van der Waals surface area contributed by atoms with Gasteiger partial charge < -0.3 is 10.2 Å². The van der Waals surface area contributed by atoms with E-state index >= 15 is 0 Å². The first-order chi connectivity index (χ1) is 8.25. The SMILES string of the molecule is O=C(CCN1CCSC1=O)Nc1ccccn1. The number of anilines is 1. The zero-order valence-corrected chi connectivity index (χ0v) is 10.1. The molecule has 5 nitrogen and oxygen atoms in total. The van der Waals surface area contributed by atoms with Gasteiger partial charge in [0.05, 0.1) is 0 Å². The van der Waals surface area contributed by atoms with Crippen molar-refractivity contribution in [3.05, 3.63) is 24.4 Å². The Morgan fingerprint density at radius 3 is 3.06 bits per heavy atom. The van der Waals surface area contributed by atoms with Crippen molar-refractivity contribution in [1.82, 2.24) is 9.88 Å². The van der Waals surface area contributed by atoms with Gasteiger partial charge in [0.25, 0.3) is 5.24 Å². The number of carbonyl (C=O) groups is 2. The number of thioether (sulfide) groups is 1. The molecule has 0 saturated carbocycles. The number of hydrogen-bond donors (Lipinski definition) is 1. The molecule has 0 atom stereocenters. The molecule has 0 radical (unpaired) electrons. The maximum absolute atomic E-state index is 11.6. The fourth-order valence-corrected chi connectivity index (χ4v) is 2.36. The van der Waals surface area contributed by atoms with Crippen LogP contribution in [0.4, 0.5) is 10.6 Å². The van der Waals surface area contributed by atoms with Crippen molar-refractivity contribution in [3.8, 4) is 0 Å². The van der Waals surface area contributed by atoms with E-state index in [0.717, 1.165) is 12.3 Å². The Labute approximate surface area is 104 Å². The molecule has 2 amide bonds. The number of aromatic nitrogens is 1. The Morgan fingerprint density at radius 1 is 1.53 bits per heavy atom. The summed E-state index contributed by atoms with van der Waals surface area (Å²) in [5.74, 6) is 1.24. The van der Waals surface area contributed by atoms with Crippen LogP contribution in [-0.4, -0.2) is 39.9 Å². The standard InChI is InChI=1S/C11H13N3O2S/c15-10(13-9-3-1-2-5-12-9)4-6-14-7-8-17-11(14)16/h1-3,5H,4,6-8H2,(H,12,13,15). The van der Waals surface area contributed by atoms with E-state index in [9.17, 15) is 9.59 Å². The third-order valence-electron chi connectivity index (χ3n) is 2.39. The third kappa shape index (κ3) is 3.45.